The summed E-state index contributed by atoms with van der Waals surface area (Å²) in [6, 6.07) is 5.67. The predicted molar refractivity (Wildman–Crippen MR) is 132 cm³/mol. The van der Waals surface area contributed by atoms with Crippen molar-refractivity contribution < 1.29 is 23.5 Å². The van der Waals surface area contributed by atoms with E-state index in [1.54, 1.807) is 4.90 Å². The first-order chi connectivity index (χ1) is 17.0. The second-order valence-corrected chi connectivity index (χ2v) is 11.7. The van der Waals surface area contributed by atoms with Crippen molar-refractivity contribution >= 4 is 11.8 Å². The third-order valence-electron chi connectivity index (χ3n) is 8.63. The van der Waals surface area contributed by atoms with E-state index in [1.165, 1.54) is 0 Å². The van der Waals surface area contributed by atoms with Crippen molar-refractivity contribution in [2.75, 3.05) is 0 Å². The molecule has 196 valence electrons. The van der Waals surface area contributed by atoms with Crippen molar-refractivity contribution in [1.29, 1.82) is 0 Å². The van der Waals surface area contributed by atoms with Gasteiger partial charge >= 0.3 is 0 Å². The van der Waals surface area contributed by atoms with Crippen molar-refractivity contribution in [1.82, 2.24) is 15.5 Å². The van der Waals surface area contributed by atoms with Crippen LogP contribution in [0.15, 0.2) is 30.5 Å². The van der Waals surface area contributed by atoms with Crippen molar-refractivity contribution in [2.24, 2.45) is 5.92 Å². The number of carbonyl (C=O) groups is 2. The summed E-state index contributed by atoms with van der Waals surface area (Å²) in [5.41, 5.74) is 2.61. The molecule has 3 N–H and O–H groups in total. The van der Waals surface area contributed by atoms with Gasteiger partial charge in [0.2, 0.25) is 11.8 Å². The fourth-order valence-electron chi connectivity index (χ4n) is 6.59. The Morgan fingerprint density at radius 2 is 1.92 bits per heavy atom. The number of nitrogens with one attached hydrogen (secondary N) is 2. The molecule has 4 atom stereocenters. The number of hydrogen-bond donors (Lipinski definition) is 3. The van der Waals surface area contributed by atoms with E-state index in [2.05, 4.69) is 23.3 Å². The minimum Gasteiger partial charge on any atom is -0.390 e. The van der Waals surface area contributed by atoms with E-state index >= 15 is 0 Å². The second-order valence-electron chi connectivity index (χ2n) is 11.7. The monoisotopic (exact) mass is 501 g/mol. The number of benzene rings is 1. The SMILES string of the molecule is C=C1CCC(N2Cc3cc(C[C@H]4C[C@](C)(O)CC[C@@H]4NC4CCC(F)(F)CC4)ccc3C2=O)C(=O)N1. The van der Waals surface area contributed by atoms with E-state index in [1.807, 2.05) is 19.1 Å². The lowest BCUT2D eigenvalue weighted by molar-refractivity contribution is -0.126. The minimum absolute atomic E-state index is 0.0672. The lowest BCUT2D eigenvalue weighted by Gasteiger charge is -2.43. The number of hydrogen-bond acceptors (Lipinski definition) is 4. The number of amides is 2. The summed E-state index contributed by atoms with van der Waals surface area (Å²) in [6.07, 6.45) is 4.94. The molecule has 36 heavy (non-hydrogen) atoms. The van der Waals surface area contributed by atoms with Gasteiger partial charge in [-0.2, -0.15) is 0 Å². The van der Waals surface area contributed by atoms with Crippen LogP contribution >= 0.6 is 0 Å². The molecule has 2 amide bonds. The molecule has 2 aliphatic carbocycles. The first-order valence-electron chi connectivity index (χ1n) is 13.3. The number of alkyl halides is 2. The number of piperidine rings is 1. The van der Waals surface area contributed by atoms with Crippen LogP contribution in [0.3, 0.4) is 0 Å². The summed E-state index contributed by atoms with van der Waals surface area (Å²) in [6.45, 7) is 6.10. The molecule has 0 aromatic heterocycles. The Morgan fingerprint density at radius 3 is 2.64 bits per heavy atom. The zero-order valence-electron chi connectivity index (χ0n) is 21.0. The highest BCUT2D eigenvalue weighted by Gasteiger charge is 2.41. The molecule has 0 spiro atoms. The van der Waals surface area contributed by atoms with Crippen molar-refractivity contribution in [3.05, 3.63) is 47.2 Å². The molecule has 0 radical (unpaired) electrons. The molecule has 2 saturated carbocycles. The fraction of sp³-hybridized carbons (Fsp3) is 0.643. The largest absolute Gasteiger partial charge is 0.390 e. The summed E-state index contributed by atoms with van der Waals surface area (Å²) in [4.78, 5) is 27.2. The molecule has 2 heterocycles. The van der Waals surface area contributed by atoms with Crippen LogP contribution in [-0.4, -0.2) is 51.5 Å². The zero-order valence-corrected chi connectivity index (χ0v) is 21.0. The highest BCUT2D eigenvalue weighted by Crippen LogP contribution is 2.38. The molecule has 8 heteroatoms. The van der Waals surface area contributed by atoms with Crippen molar-refractivity contribution in [2.45, 2.75) is 107 Å². The number of rotatable bonds is 5. The average Bonchev–Trinajstić information content (AvgIpc) is 3.12. The molecular weight excluding hydrogens is 464 g/mol. The van der Waals surface area contributed by atoms with Crippen LogP contribution in [0.1, 0.15) is 86.2 Å². The van der Waals surface area contributed by atoms with E-state index in [4.69, 9.17) is 0 Å². The van der Waals surface area contributed by atoms with Gasteiger partial charge in [-0.1, -0.05) is 18.7 Å². The quantitative estimate of drug-likeness (QED) is 0.568. The van der Waals surface area contributed by atoms with Gasteiger partial charge in [-0.15, -0.1) is 0 Å². The van der Waals surface area contributed by atoms with Crippen LogP contribution < -0.4 is 10.6 Å². The molecule has 0 bridgehead atoms. The Labute approximate surface area is 211 Å². The van der Waals surface area contributed by atoms with Crippen molar-refractivity contribution in [3.8, 4) is 0 Å². The number of nitrogens with zero attached hydrogens (tertiary/aromatic N) is 1. The fourth-order valence-corrected chi connectivity index (χ4v) is 6.59. The Kier molecular flexibility index (Phi) is 6.70. The Morgan fingerprint density at radius 1 is 1.17 bits per heavy atom. The minimum atomic E-state index is -2.55. The van der Waals surface area contributed by atoms with Crippen LogP contribution in [0.4, 0.5) is 8.78 Å². The van der Waals surface area contributed by atoms with Crippen LogP contribution in [0.5, 0.6) is 0 Å². The maximum atomic E-state index is 13.6. The topological polar surface area (TPSA) is 81.7 Å². The van der Waals surface area contributed by atoms with Gasteiger partial charge in [0.1, 0.15) is 6.04 Å². The molecule has 1 unspecified atom stereocenters. The van der Waals surface area contributed by atoms with E-state index in [9.17, 15) is 23.5 Å². The van der Waals surface area contributed by atoms with E-state index in [-0.39, 0.29) is 42.7 Å². The van der Waals surface area contributed by atoms with Gasteiger partial charge in [0.25, 0.3) is 5.91 Å². The van der Waals surface area contributed by atoms with Crippen LogP contribution in [0.2, 0.25) is 0 Å². The van der Waals surface area contributed by atoms with Gasteiger partial charge in [-0.25, -0.2) is 8.78 Å². The van der Waals surface area contributed by atoms with Crippen LogP contribution in [0, 0.1) is 5.92 Å². The van der Waals surface area contributed by atoms with Gasteiger partial charge in [0, 0.05) is 42.7 Å². The van der Waals surface area contributed by atoms with E-state index < -0.39 is 17.6 Å². The first kappa shape index (κ1) is 25.3. The maximum Gasteiger partial charge on any atom is 0.255 e. The maximum absolute atomic E-state index is 13.6. The molecular formula is C28H37F2N3O3. The van der Waals surface area contributed by atoms with Crippen LogP contribution in [0.25, 0.3) is 0 Å². The van der Waals surface area contributed by atoms with Gasteiger partial charge in [0.05, 0.1) is 5.60 Å². The molecule has 3 fully saturated rings. The molecule has 2 aliphatic heterocycles. The van der Waals surface area contributed by atoms with Gasteiger partial charge in [0.15, 0.2) is 0 Å². The van der Waals surface area contributed by atoms with Crippen LogP contribution in [-0.2, 0) is 17.8 Å². The highest BCUT2D eigenvalue weighted by atomic mass is 19.3. The zero-order chi connectivity index (χ0) is 25.7. The molecule has 5 rings (SSSR count). The Balaban J connectivity index is 1.28. The van der Waals surface area contributed by atoms with Gasteiger partial charge in [-0.05, 0) is 81.4 Å². The summed E-state index contributed by atoms with van der Waals surface area (Å²) in [7, 11) is 0. The summed E-state index contributed by atoms with van der Waals surface area (Å²) < 4.78 is 27.3. The molecule has 1 aromatic carbocycles. The van der Waals surface area contributed by atoms with E-state index in [0.717, 1.165) is 24.0 Å². The third-order valence-corrected chi connectivity index (χ3v) is 8.63. The number of halogens is 2. The van der Waals surface area contributed by atoms with Crippen molar-refractivity contribution in [3.63, 3.8) is 0 Å². The van der Waals surface area contributed by atoms with Gasteiger partial charge < -0.3 is 20.6 Å². The normalized spacial score (nSPS) is 32.9. The molecule has 1 aromatic rings. The smallest absolute Gasteiger partial charge is 0.255 e. The standard InChI is InChI=1S/C28H37F2N3O3/c1-17-3-6-24(25(34)31-17)33-16-20-14-18(4-5-22(20)26(33)35)13-19-15-27(2,36)10-9-23(19)32-21-7-11-28(29,30)12-8-21/h4-5,14,19,21,23-24,32,36H,1,3,6-13,15-16H2,2H3,(H,31,34)/t19-,23-,24?,27+/m0/s1. The Hall–Kier alpha value is -2.32. The number of aliphatic hydroxyl groups is 1. The molecule has 4 aliphatic rings. The number of carbonyl (C=O) groups excluding carboxylic acids is 2. The summed E-state index contributed by atoms with van der Waals surface area (Å²) in [5, 5.41) is 17.2. The molecule has 6 nitrogen and oxygen atoms in total. The Bertz CT molecular complexity index is 1050. The average molecular weight is 502 g/mol. The van der Waals surface area contributed by atoms with Gasteiger partial charge in [-0.3, -0.25) is 9.59 Å². The predicted octanol–water partition coefficient (Wildman–Crippen LogP) is 4.06. The molecule has 1 saturated heterocycles. The highest BCUT2D eigenvalue weighted by molar-refractivity contribution is 6.01. The number of allylic oxidation sites excluding steroid dienone is 1. The summed E-state index contributed by atoms with van der Waals surface area (Å²) in [5.74, 6) is -2.67. The first-order valence-corrected chi connectivity index (χ1v) is 13.3. The summed E-state index contributed by atoms with van der Waals surface area (Å²) >= 11 is 0. The number of fused-ring (bicyclic) bond motifs is 1. The van der Waals surface area contributed by atoms with E-state index in [0.29, 0.717) is 56.3 Å². The second kappa shape index (κ2) is 9.53. The third kappa shape index (κ3) is 5.35. The lowest BCUT2D eigenvalue weighted by atomic mass is 9.73. The lowest BCUT2D eigenvalue weighted by Crippen LogP contribution is -2.51.